The largest absolute Gasteiger partial charge is 0.309 e. The van der Waals surface area contributed by atoms with E-state index in [9.17, 15) is 0 Å². The molecule has 0 spiro atoms. The Balaban J connectivity index is 1.99. The normalized spacial score (nSPS) is 12.7. The number of nitrogens with one attached hydrogen (secondary N) is 1. The van der Waals surface area contributed by atoms with Crippen LogP contribution in [0, 0.1) is 0 Å². The lowest BCUT2D eigenvalue weighted by atomic mass is 10.1. The molecule has 3 nitrogen and oxygen atoms in total. The molecular weight excluding hydrogens is 346 g/mol. The quantitative estimate of drug-likeness (QED) is 0.733. The maximum atomic E-state index is 4.85. The molecule has 1 aromatic carbocycles. The molecule has 0 fully saturated rings. The van der Waals surface area contributed by atoms with E-state index in [2.05, 4.69) is 51.4 Å². The minimum Gasteiger partial charge on any atom is -0.309 e. The average molecular weight is 362 g/mol. The van der Waals surface area contributed by atoms with Gasteiger partial charge in [0.1, 0.15) is 0 Å². The smallest absolute Gasteiger partial charge is 0.0794 e. The highest BCUT2D eigenvalue weighted by Crippen LogP contribution is 2.28. The highest BCUT2D eigenvalue weighted by atomic mass is 79.9. The standard InChI is InChI=1S/C16H16BrN3S/c1-2-19-15(8-12-9-18-10-21-12)16-13(17)7-11-5-3-4-6-14(11)20-16/h3-7,9-10,15,19H,2,8H2,1H3. The van der Waals surface area contributed by atoms with E-state index in [0.29, 0.717) is 0 Å². The monoisotopic (exact) mass is 361 g/mol. The van der Waals surface area contributed by atoms with Gasteiger partial charge in [-0.15, -0.1) is 11.3 Å². The van der Waals surface area contributed by atoms with Crippen LogP contribution in [0.25, 0.3) is 10.9 Å². The van der Waals surface area contributed by atoms with Gasteiger partial charge in [-0.3, -0.25) is 4.98 Å². The van der Waals surface area contributed by atoms with Crippen LogP contribution in [0.5, 0.6) is 0 Å². The molecule has 0 aliphatic carbocycles. The fourth-order valence-electron chi connectivity index (χ4n) is 2.41. The van der Waals surface area contributed by atoms with Crippen LogP contribution in [-0.2, 0) is 6.42 Å². The summed E-state index contributed by atoms with van der Waals surface area (Å²) in [5.41, 5.74) is 3.97. The minimum atomic E-state index is 0.189. The van der Waals surface area contributed by atoms with Gasteiger partial charge in [-0.25, -0.2) is 4.98 Å². The second kappa shape index (κ2) is 6.64. The van der Waals surface area contributed by atoms with Crippen molar-refractivity contribution >= 4 is 38.2 Å². The Hall–Kier alpha value is -1.30. The molecule has 21 heavy (non-hydrogen) atoms. The van der Waals surface area contributed by atoms with Crippen LogP contribution in [0.1, 0.15) is 23.5 Å². The molecule has 108 valence electrons. The van der Waals surface area contributed by atoms with Crippen molar-refractivity contribution in [3.63, 3.8) is 0 Å². The number of pyridine rings is 1. The molecule has 3 rings (SSSR count). The predicted molar refractivity (Wildman–Crippen MR) is 91.7 cm³/mol. The maximum absolute atomic E-state index is 4.85. The lowest BCUT2D eigenvalue weighted by Crippen LogP contribution is -2.24. The first-order valence-corrected chi connectivity index (χ1v) is 8.61. The van der Waals surface area contributed by atoms with Gasteiger partial charge in [-0.2, -0.15) is 0 Å². The molecule has 0 saturated carbocycles. The van der Waals surface area contributed by atoms with Crippen LogP contribution in [0.2, 0.25) is 0 Å². The molecule has 2 heterocycles. The zero-order chi connectivity index (χ0) is 14.7. The zero-order valence-corrected chi connectivity index (χ0v) is 14.1. The summed E-state index contributed by atoms with van der Waals surface area (Å²) in [7, 11) is 0. The molecule has 1 N–H and O–H groups in total. The average Bonchev–Trinajstić information content (AvgIpc) is 2.99. The molecular formula is C16H16BrN3S. The Labute approximate surface area is 136 Å². The van der Waals surface area contributed by atoms with Crippen LogP contribution >= 0.6 is 27.3 Å². The number of hydrogen-bond donors (Lipinski definition) is 1. The maximum Gasteiger partial charge on any atom is 0.0794 e. The van der Waals surface area contributed by atoms with Crippen LogP contribution < -0.4 is 5.32 Å². The van der Waals surface area contributed by atoms with Gasteiger partial charge in [0, 0.05) is 27.4 Å². The summed E-state index contributed by atoms with van der Waals surface area (Å²) in [5.74, 6) is 0. The van der Waals surface area contributed by atoms with E-state index in [4.69, 9.17) is 4.98 Å². The van der Waals surface area contributed by atoms with E-state index < -0.39 is 0 Å². The number of aromatic nitrogens is 2. The Morgan fingerprint density at radius 1 is 1.33 bits per heavy atom. The number of benzene rings is 1. The first-order valence-electron chi connectivity index (χ1n) is 6.94. The van der Waals surface area contributed by atoms with Crippen LogP contribution in [-0.4, -0.2) is 16.5 Å². The van der Waals surface area contributed by atoms with Gasteiger partial charge in [0.25, 0.3) is 0 Å². The van der Waals surface area contributed by atoms with Crippen LogP contribution in [0.4, 0.5) is 0 Å². The lowest BCUT2D eigenvalue weighted by molar-refractivity contribution is 0.539. The summed E-state index contributed by atoms with van der Waals surface area (Å²) in [6.45, 7) is 3.03. The molecule has 0 aliphatic heterocycles. The number of nitrogens with zero attached hydrogens (tertiary/aromatic N) is 2. The van der Waals surface area contributed by atoms with E-state index in [1.54, 1.807) is 11.3 Å². The van der Waals surface area contributed by atoms with Gasteiger partial charge in [-0.1, -0.05) is 25.1 Å². The Morgan fingerprint density at radius 3 is 2.95 bits per heavy atom. The Kier molecular flexibility index (Phi) is 4.63. The predicted octanol–water partition coefficient (Wildman–Crippen LogP) is 4.35. The number of likely N-dealkylation sites (N-methyl/N-ethyl adjacent to an activating group) is 1. The van der Waals surface area contributed by atoms with E-state index in [1.165, 1.54) is 4.88 Å². The van der Waals surface area contributed by atoms with Crippen molar-refractivity contribution < 1.29 is 0 Å². The summed E-state index contributed by atoms with van der Waals surface area (Å²) < 4.78 is 1.05. The second-order valence-corrected chi connectivity index (χ2v) is 6.66. The Bertz CT molecular complexity index is 727. The lowest BCUT2D eigenvalue weighted by Gasteiger charge is -2.18. The fraction of sp³-hybridized carbons (Fsp3) is 0.250. The van der Waals surface area contributed by atoms with Gasteiger partial charge in [-0.05, 0) is 34.6 Å². The third kappa shape index (κ3) is 3.31. The fourth-order valence-corrected chi connectivity index (χ4v) is 3.66. The number of thiazole rings is 1. The molecule has 0 bridgehead atoms. The van der Waals surface area contributed by atoms with Crippen molar-refractivity contribution in [3.05, 3.63) is 57.1 Å². The van der Waals surface area contributed by atoms with Gasteiger partial charge in [0.15, 0.2) is 0 Å². The van der Waals surface area contributed by atoms with Crippen molar-refractivity contribution in [2.45, 2.75) is 19.4 Å². The molecule has 2 aromatic heterocycles. The van der Waals surface area contributed by atoms with Gasteiger partial charge >= 0.3 is 0 Å². The second-order valence-electron chi connectivity index (χ2n) is 4.83. The summed E-state index contributed by atoms with van der Waals surface area (Å²) in [5, 5.41) is 4.68. The van der Waals surface area contributed by atoms with Gasteiger partial charge < -0.3 is 5.32 Å². The molecule has 1 unspecified atom stereocenters. The Morgan fingerprint density at radius 2 is 2.19 bits per heavy atom. The number of rotatable bonds is 5. The number of fused-ring (bicyclic) bond motifs is 1. The zero-order valence-electron chi connectivity index (χ0n) is 11.7. The van der Waals surface area contributed by atoms with Crippen molar-refractivity contribution in [3.8, 4) is 0 Å². The third-order valence-corrected chi connectivity index (χ3v) is 4.81. The molecule has 0 aliphatic rings. The third-order valence-electron chi connectivity index (χ3n) is 3.37. The summed E-state index contributed by atoms with van der Waals surface area (Å²) >= 11 is 5.36. The van der Waals surface area contributed by atoms with Crippen LogP contribution in [0.3, 0.4) is 0 Å². The van der Waals surface area contributed by atoms with E-state index in [1.807, 2.05) is 23.8 Å². The molecule has 0 saturated heterocycles. The van der Waals surface area contributed by atoms with E-state index in [0.717, 1.165) is 34.0 Å². The van der Waals surface area contributed by atoms with Crippen molar-refractivity contribution in [1.29, 1.82) is 0 Å². The summed E-state index contributed by atoms with van der Waals surface area (Å²) in [4.78, 5) is 10.3. The van der Waals surface area contributed by atoms with Crippen molar-refractivity contribution in [2.75, 3.05) is 6.54 Å². The van der Waals surface area contributed by atoms with E-state index in [-0.39, 0.29) is 6.04 Å². The number of halogens is 1. The first-order chi connectivity index (χ1) is 10.3. The molecule has 3 aromatic rings. The summed E-state index contributed by atoms with van der Waals surface area (Å²) in [6, 6.07) is 10.5. The molecule has 0 amide bonds. The minimum absolute atomic E-state index is 0.189. The SMILES string of the molecule is CCNC(Cc1cncs1)c1nc2ccccc2cc1Br. The molecule has 1 atom stereocenters. The van der Waals surface area contributed by atoms with E-state index >= 15 is 0 Å². The van der Waals surface area contributed by atoms with Gasteiger partial charge in [0.05, 0.1) is 22.8 Å². The molecule has 5 heteroatoms. The van der Waals surface area contributed by atoms with Crippen molar-refractivity contribution in [2.24, 2.45) is 0 Å². The highest BCUT2D eigenvalue weighted by Gasteiger charge is 2.17. The van der Waals surface area contributed by atoms with Crippen LogP contribution in [0.15, 0.2) is 46.5 Å². The summed E-state index contributed by atoms with van der Waals surface area (Å²) in [6.07, 6.45) is 2.84. The molecule has 0 radical (unpaired) electrons. The first kappa shape index (κ1) is 14.6. The highest BCUT2D eigenvalue weighted by molar-refractivity contribution is 9.10. The topological polar surface area (TPSA) is 37.8 Å². The number of hydrogen-bond acceptors (Lipinski definition) is 4. The number of para-hydroxylation sites is 1. The van der Waals surface area contributed by atoms with Gasteiger partial charge in [0.2, 0.25) is 0 Å². The van der Waals surface area contributed by atoms with Crippen molar-refractivity contribution in [1.82, 2.24) is 15.3 Å².